The van der Waals surface area contributed by atoms with Gasteiger partial charge in [-0.15, -0.1) is 11.8 Å². The Hall–Kier alpha value is -1.20. The van der Waals surface area contributed by atoms with E-state index in [0.717, 1.165) is 36.5 Å². The maximum absolute atomic E-state index is 6.23. The number of aromatic amines is 2. The molecule has 2 aromatic rings. The third-order valence-electron chi connectivity index (χ3n) is 3.58. The SMILES string of the molecule is CCc1ccc(OC(CC)SCc2c[nH]c(=S)[nH]2)c(CC)c1. The highest BCUT2D eigenvalue weighted by molar-refractivity contribution is 7.99. The predicted octanol–water partition coefficient (Wildman–Crippen LogP) is 5.25. The average Bonchev–Trinajstić information content (AvgIpc) is 2.96. The minimum Gasteiger partial charge on any atom is -0.480 e. The lowest BCUT2D eigenvalue weighted by Gasteiger charge is -2.19. The molecule has 22 heavy (non-hydrogen) atoms. The first-order valence-corrected chi connectivity index (χ1v) is 9.28. The van der Waals surface area contributed by atoms with Crippen LogP contribution < -0.4 is 4.74 Å². The van der Waals surface area contributed by atoms with Crippen molar-refractivity contribution in [2.75, 3.05) is 0 Å². The van der Waals surface area contributed by atoms with Gasteiger partial charge < -0.3 is 14.7 Å². The fourth-order valence-corrected chi connectivity index (χ4v) is 3.37. The van der Waals surface area contributed by atoms with Crippen molar-refractivity contribution in [3.05, 3.63) is 46.0 Å². The molecule has 0 fully saturated rings. The molecule has 0 spiro atoms. The van der Waals surface area contributed by atoms with Crippen LogP contribution in [0.1, 0.15) is 44.0 Å². The number of hydrogen-bond donors (Lipinski definition) is 2. The van der Waals surface area contributed by atoms with Crippen LogP contribution in [-0.4, -0.2) is 15.4 Å². The summed E-state index contributed by atoms with van der Waals surface area (Å²) < 4.78 is 6.90. The monoisotopic (exact) mass is 336 g/mol. The number of nitrogens with one attached hydrogen (secondary N) is 2. The average molecular weight is 337 g/mol. The summed E-state index contributed by atoms with van der Waals surface area (Å²) >= 11 is 6.84. The van der Waals surface area contributed by atoms with Gasteiger partial charge in [0.1, 0.15) is 11.2 Å². The summed E-state index contributed by atoms with van der Waals surface area (Å²) in [6.07, 6.45) is 4.95. The molecule has 1 aromatic carbocycles. The Balaban J connectivity index is 2.01. The van der Waals surface area contributed by atoms with Gasteiger partial charge >= 0.3 is 0 Å². The summed E-state index contributed by atoms with van der Waals surface area (Å²) in [5, 5.41) is 0. The van der Waals surface area contributed by atoms with Crippen molar-refractivity contribution in [3.63, 3.8) is 0 Å². The van der Waals surface area contributed by atoms with Gasteiger partial charge in [-0.1, -0.05) is 32.9 Å². The number of hydrogen-bond acceptors (Lipinski definition) is 3. The van der Waals surface area contributed by atoms with Crippen LogP contribution in [0.15, 0.2) is 24.4 Å². The third kappa shape index (κ3) is 4.65. The first kappa shape index (κ1) is 17.2. The zero-order valence-electron chi connectivity index (χ0n) is 13.4. The molecular formula is C17H24N2OS2. The zero-order chi connectivity index (χ0) is 15.9. The number of imidazole rings is 1. The lowest BCUT2D eigenvalue weighted by molar-refractivity contribution is 0.281. The molecule has 0 aliphatic heterocycles. The first-order valence-electron chi connectivity index (χ1n) is 7.82. The number of aromatic nitrogens is 2. The number of rotatable bonds is 8. The fourth-order valence-electron chi connectivity index (χ4n) is 2.25. The molecule has 1 aromatic heterocycles. The molecular weight excluding hydrogens is 312 g/mol. The molecule has 120 valence electrons. The molecule has 0 saturated carbocycles. The first-order chi connectivity index (χ1) is 10.7. The Morgan fingerprint density at radius 3 is 2.64 bits per heavy atom. The molecule has 1 unspecified atom stereocenters. The van der Waals surface area contributed by atoms with Crippen LogP contribution in [0.4, 0.5) is 0 Å². The minimum absolute atomic E-state index is 0.148. The fraction of sp³-hybridized carbons (Fsp3) is 0.471. The van der Waals surface area contributed by atoms with Gasteiger partial charge in [0.25, 0.3) is 0 Å². The van der Waals surface area contributed by atoms with Gasteiger partial charge in [-0.3, -0.25) is 0 Å². The number of ether oxygens (including phenoxy) is 1. The second-order valence-corrected chi connectivity index (χ2v) is 6.74. The standard InChI is InChI=1S/C17H24N2OS2/c1-4-12-7-8-15(13(5-2)9-12)20-16(6-3)22-11-14-10-18-17(21)19-14/h7-10,16H,4-6,11H2,1-3H3,(H2,18,19,21). The van der Waals surface area contributed by atoms with Crippen LogP contribution in [0, 0.1) is 4.77 Å². The van der Waals surface area contributed by atoms with Crippen LogP contribution in [0.3, 0.4) is 0 Å². The molecule has 2 rings (SSSR count). The smallest absolute Gasteiger partial charge is 0.174 e. The third-order valence-corrected chi connectivity index (χ3v) is 5.08. The van der Waals surface area contributed by atoms with Crippen molar-refractivity contribution in [1.82, 2.24) is 9.97 Å². The van der Waals surface area contributed by atoms with E-state index in [-0.39, 0.29) is 5.44 Å². The van der Waals surface area contributed by atoms with Crippen molar-refractivity contribution in [3.8, 4) is 5.75 Å². The van der Waals surface area contributed by atoms with Gasteiger partial charge in [0.05, 0.1) is 0 Å². The number of thioether (sulfide) groups is 1. The van der Waals surface area contributed by atoms with Crippen molar-refractivity contribution >= 4 is 24.0 Å². The van der Waals surface area contributed by atoms with Crippen LogP contribution >= 0.6 is 24.0 Å². The molecule has 1 atom stereocenters. The molecule has 0 amide bonds. The lowest BCUT2D eigenvalue weighted by atomic mass is 10.1. The summed E-state index contributed by atoms with van der Waals surface area (Å²) in [7, 11) is 0. The Labute approximate surface area is 141 Å². The van der Waals surface area contributed by atoms with E-state index < -0.39 is 0 Å². The maximum atomic E-state index is 6.23. The number of H-pyrrole nitrogens is 2. The van der Waals surface area contributed by atoms with E-state index in [9.17, 15) is 0 Å². The highest BCUT2D eigenvalue weighted by atomic mass is 32.2. The van der Waals surface area contributed by atoms with E-state index in [1.807, 2.05) is 6.20 Å². The maximum Gasteiger partial charge on any atom is 0.174 e. The van der Waals surface area contributed by atoms with Crippen LogP contribution in [-0.2, 0) is 18.6 Å². The Kier molecular flexibility index (Phi) is 6.58. The van der Waals surface area contributed by atoms with E-state index in [1.165, 1.54) is 11.1 Å². The van der Waals surface area contributed by atoms with Gasteiger partial charge in [0, 0.05) is 17.6 Å². The van der Waals surface area contributed by atoms with Crippen LogP contribution in [0.2, 0.25) is 0 Å². The second-order valence-electron chi connectivity index (χ2n) is 5.18. The second kappa shape index (κ2) is 8.44. The van der Waals surface area contributed by atoms with Crippen molar-refractivity contribution < 1.29 is 4.74 Å². The Morgan fingerprint density at radius 1 is 1.23 bits per heavy atom. The Morgan fingerprint density at radius 2 is 2.05 bits per heavy atom. The van der Waals surface area contributed by atoms with Crippen LogP contribution in [0.5, 0.6) is 5.75 Å². The molecule has 1 heterocycles. The largest absolute Gasteiger partial charge is 0.480 e. The van der Waals surface area contributed by atoms with E-state index in [2.05, 4.69) is 48.9 Å². The van der Waals surface area contributed by atoms with E-state index in [1.54, 1.807) is 11.8 Å². The van der Waals surface area contributed by atoms with Gasteiger partial charge in [-0.25, -0.2) is 0 Å². The van der Waals surface area contributed by atoms with Gasteiger partial charge in [0.2, 0.25) is 0 Å². The highest BCUT2D eigenvalue weighted by Crippen LogP contribution is 2.27. The summed E-state index contributed by atoms with van der Waals surface area (Å²) in [6, 6.07) is 6.54. The van der Waals surface area contributed by atoms with Gasteiger partial charge in [0.15, 0.2) is 4.77 Å². The predicted molar refractivity (Wildman–Crippen MR) is 97.2 cm³/mol. The minimum atomic E-state index is 0.148. The number of aryl methyl sites for hydroxylation is 2. The summed E-state index contributed by atoms with van der Waals surface area (Å²) in [4.78, 5) is 6.14. The summed E-state index contributed by atoms with van der Waals surface area (Å²) in [5.74, 6) is 1.88. The zero-order valence-corrected chi connectivity index (χ0v) is 15.1. The van der Waals surface area contributed by atoms with Crippen molar-refractivity contribution in [2.45, 2.75) is 51.2 Å². The van der Waals surface area contributed by atoms with Crippen molar-refractivity contribution in [2.24, 2.45) is 0 Å². The van der Waals surface area contributed by atoms with Crippen molar-refractivity contribution in [1.29, 1.82) is 0 Å². The highest BCUT2D eigenvalue weighted by Gasteiger charge is 2.12. The molecule has 0 aliphatic carbocycles. The normalized spacial score (nSPS) is 12.3. The number of benzene rings is 1. The van der Waals surface area contributed by atoms with Gasteiger partial charge in [-0.2, -0.15) is 0 Å². The summed E-state index contributed by atoms with van der Waals surface area (Å²) in [5.41, 5.74) is 3.91. The lowest BCUT2D eigenvalue weighted by Crippen LogP contribution is -2.12. The topological polar surface area (TPSA) is 40.8 Å². The molecule has 0 saturated heterocycles. The molecule has 0 bridgehead atoms. The van der Waals surface area contributed by atoms with Gasteiger partial charge in [-0.05, 0) is 48.7 Å². The van der Waals surface area contributed by atoms with Crippen LogP contribution in [0.25, 0.3) is 0 Å². The van der Waals surface area contributed by atoms with E-state index in [0.29, 0.717) is 4.77 Å². The van der Waals surface area contributed by atoms with E-state index >= 15 is 0 Å². The molecule has 0 aliphatic rings. The molecule has 0 radical (unpaired) electrons. The molecule has 5 heteroatoms. The molecule has 3 nitrogen and oxygen atoms in total. The Bertz CT molecular complexity index is 648. The summed E-state index contributed by atoms with van der Waals surface area (Å²) in [6.45, 7) is 6.51. The molecule has 2 N–H and O–H groups in total. The quantitative estimate of drug-likeness (QED) is 0.511. The van der Waals surface area contributed by atoms with E-state index in [4.69, 9.17) is 17.0 Å².